The number of carboxylic acids is 1. The fourth-order valence-electron chi connectivity index (χ4n) is 1.58. The van der Waals surface area contributed by atoms with Gasteiger partial charge in [-0.05, 0) is 18.2 Å². The van der Waals surface area contributed by atoms with Crippen molar-refractivity contribution in [1.82, 2.24) is 0 Å². The second-order valence-electron chi connectivity index (χ2n) is 3.44. The van der Waals surface area contributed by atoms with Crippen LogP contribution in [0.5, 0.6) is 0 Å². The van der Waals surface area contributed by atoms with Crippen molar-refractivity contribution in [1.29, 1.82) is 0 Å². The average Bonchev–Trinajstić information content (AvgIpc) is 2.16. The Kier molecular flexibility index (Phi) is 2.07. The highest BCUT2D eigenvalue weighted by atomic mass is 16.4. The van der Waals surface area contributed by atoms with E-state index in [0.717, 1.165) is 5.69 Å². The fraction of sp³-hybridized carbons (Fsp3) is 0.200. The van der Waals surface area contributed by atoms with Crippen LogP contribution in [-0.2, 0) is 4.79 Å². The predicted molar refractivity (Wildman–Crippen MR) is 55.3 cm³/mol. The number of hydrogen-bond acceptors (Lipinski definition) is 3. The van der Waals surface area contributed by atoms with Crippen LogP contribution in [0.15, 0.2) is 18.2 Å². The van der Waals surface area contributed by atoms with Gasteiger partial charge in [-0.3, -0.25) is 4.79 Å². The highest BCUT2D eigenvalue weighted by molar-refractivity contribution is 6.02. The van der Waals surface area contributed by atoms with Crippen LogP contribution in [0.2, 0.25) is 0 Å². The molecule has 1 aromatic carbocycles. The second kappa shape index (κ2) is 3.27. The summed E-state index contributed by atoms with van der Waals surface area (Å²) in [6.07, 6.45) is 0. The van der Waals surface area contributed by atoms with Gasteiger partial charge >= 0.3 is 5.97 Å². The Balaban J connectivity index is 2.48. The number of amides is 1. The number of hydrogen-bond donors (Lipinski definition) is 2. The van der Waals surface area contributed by atoms with Gasteiger partial charge in [-0.2, -0.15) is 0 Å². The third-order valence-electron chi connectivity index (χ3n) is 2.31. The molecule has 0 radical (unpaired) electrons. The lowest BCUT2D eigenvalue weighted by Gasteiger charge is -2.27. The molecular weight excluding hydrogens is 196 g/mol. The Hall–Kier alpha value is -2.04. The summed E-state index contributed by atoms with van der Waals surface area (Å²) in [5.41, 5.74) is 1.60. The Morgan fingerprint density at radius 1 is 1.53 bits per heavy atom. The second-order valence-corrected chi connectivity index (χ2v) is 3.44. The molecular formula is C10H10N2O3. The molecule has 1 aliphatic rings. The van der Waals surface area contributed by atoms with Crippen LogP contribution in [0.3, 0.4) is 0 Å². The smallest absolute Gasteiger partial charge is 0.335 e. The lowest BCUT2D eigenvalue weighted by Crippen LogP contribution is -2.35. The van der Waals surface area contributed by atoms with Crippen LogP contribution < -0.4 is 10.2 Å². The molecule has 78 valence electrons. The molecule has 1 aliphatic heterocycles. The van der Waals surface area contributed by atoms with Crippen LogP contribution in [0.4, 0.5) is 11.4 Å². The van der Waals surface area contributed by atoms with Gasteiger partial charge in [0.1, 0.15) is 0 Å². The van der Waals surface area contributed by atoms with Crippen LogP contribution in [0.1, 0.15) is 10.4 Å². The molecule has 0 fully saturated rings. The predicted octanol–water partition coefficient (Wildman–Crippen LogP) is 0.773. The number of benzene rings is 1. The monoisotopic (exact) mass is 206 g/mol. The van der Waals surface area contributed by atoms with E-state index >= 15 is 0 Å². The zero-order valence-electron chi connectivity index (χ0n) is 8.15. The summed E-state index contributed by atoms with van der Waals surface area (Å²) in [4.78, 5) is 23.7. The van der Waals surface area contributed by atoms with E-state index in [1.165, 1.54) is 6.07 Å². The third-order valence-corrected chi connectivity index (χ3v) is 2.31. The summed E-state index contributed by atoms with van der Waals surface area (Å²) in [5.74, 6) is -1.06. The summed E-state index contributed by atoms with van der Waals surface area (Å²) in [5, 5.41) is 11.5. The third kappa shape index (κ3) is 1.63. The van der Waals surface area contributed by atoms with Gasteiger partial charge < -0.3 is 15.3 Å². The van der Waals surface area contributed by atoms with Gasteiger partial charge in [0, 0.05) is 7.05 Å². The van der Waals surface area contributed by atoms with Gasteiger partial charge in [-0.1, -0.05) is 0 Å². The van der Waals surface area contributed by atoms with E-state index in [-0.39, 0.29) is 18.0 Å². The summed E-state index contributed by atoms with van der Waals surface area (Å²) in [6, 6.07) is 4.63. The molecule has 0 saturated heterocycles. The molecule has 5 nitrogen and oxygen atoms in total. The first-order valence-corrected chi connectivity index (χ1v) is 4.46. The van der Waals surface area contributed by atoms with E-state index in [4.69, 9.17) is 5.11 Å². The van der Waals surface area contributed by atoms with Gasteiger partial charge in [0.05, 0.1) is 23.5 Å². The number of aromatic carboxylic acids is 1. The van der Waals surface area contributed by atoms with Crippen molar-refractivity contribution >= 4 is 23.3 Å². The minimum absolute atomic E-state index is 0.0897. The summed E-state index contributed by atoms with van der Waals surface area (Å²) >= 11 is 0. The van der Waals surface area contributed by atoms with E-state index in [1.807, 2.05) is 0 Å². The molecule has 0 spiro atoms. The molecule has 15 heavy (non-hydrogen) atoms. The molecule has 2 N–H and O–H groups in total. The number of rotatable bonds is 1. The lowest BCUT2D eigenvalue weighted by molar-refractivity contribution is -0.115. The Morgan fingerprint density at radius 3 is 2.93 bits per heavy atom. The molecule has 0 atom stereocenters. The van der Waals surface area contributed by atoms with E-state index in [2.05, 4.69) is 5.32 Å². The Bertz CT molecular complexity index is 442. The minimum atomic E-state index is -0.969. The van der Waals surface area contributed by atoms with E-state index in [1.54, 1.807) is 24.1 Å². The van der Waals surface area contributed by atoms with Gasteiger partial charge in [0.15, 0.2) is 0 Å². The Morgan fingerprint density at radius 2 is 2.27 bits per heavy atom. The molecule has 1 amide bonds. The molecule has 0 bridgehead atoms. The maximum atomic E-state index is 11.2. The molecule has 0 aromatic heterocycles. The lowest BCUT2D eigenvalue weighted by atomic mass is 10.1. The van der Waals surface area contributed by atoms with Gasteiger partial charge in [0.2, 0.25) is 5.91 Å². The number of likely N-dealkylation sites (N-methyl/N-ethyl adjacent to an activating group) is 1. The topological polar surface area (TPSA) is 69.6 Å². The molecule has 1 heterocycles. The van der Waals surface area contributed by atoms with Crippen LogP contribution in [0, 0.1) is 0 Å². The normalized spacial score (nSPS) is 14.5. The van der Waals surface area contributed by atoms with Crippen LogP contribution >= 0.6 is 0 Å². The fourth-order valence-corrected chi connectivity index (χ4v) is 1.58. The Labute approximate surface area is 86.3 Å². The van der Waals surface area contributed by atoms with E-state index in [0.29, 0.717) is 5.69 Å². The van der Waals surface area contributed by atoms with Crippen molar-refractivity contribution in [3.8, 4) is 0 Å². The highest BCUT2D eigenvalue weighted by Crippen LogP contribution is 2.29. The summed E-state index contributed by atoms with van der Waals surface area (Å²) in [6.45, 7) is 0.246. The average molecular weight is 206 g/mol. The van der Waals surface area contributed by atoms with Crippen molar-refractivity contribution in [2.75, 3.05) is 23.8 Å². The SMILES string of the molecule is CN1CC(=O)Nc2ccc(C(=O)O)cc21. The number of anilines is 2. The number of nitrogens with zero attached hydrogens (tertiary/aromatic N) is 1. The molecule has 5 heteroatoms. The maximum absolute atomic E-state index is 11.2. The number of carboxylic acid groups (broad SMARTS) is 1. The quantitative estimate of drug-likeness (QED) is 0.712. The number of carbonyl (C=O) groups excluding carboxylic acids is 1. The molecule has 0 aliphatic carbocycles. The van der Waals surface area contributed by atoms with Crippen molar-refractivity contribution < 1.29 is 14.7 Å². The van der Waals surface area contributed by atoms with E-state index < -0.39 is 5.97 Å². The number of nitrogens with one attached hydrogen (secondary N) is 1. The van der Waals surface area contributed by atoms with Crippen molar-refractivity contribution in [2.24, 2.45) is 0 Å². The van der Waals surface area contributed by atoms with Crippen molar-refractivity contribution in [2.45, 2.75) is 0 Å². The maximum Gasteiger partial charge on any atom is 0.335 e. The van der Waals surface area contributed by atoms with E-state index in [9.17, 15) is 9.59 Å². The summed E-state index contributed by atoms with van der Waals surface area (Å²) < 4.78 is 0. The molecule has 0 unspecified atom stereocenters. The van der Waals surface area contributed by atoms with Crippen molar-refractivity contribution in [3.05, 3.63) is 23.8 Å². The zero-order chi connectivity index (χ0) is 11.0. The number of carbonyl (C=O) groups is 2. The minimum Gasteiger partial charge on any atom is -0.478 e. The van der Waals surface area contributed by atoms with Crippen LogP contribution in [0.25, 0.3) is 0 Å². The summed E-state index contributed by atoms with van der Waals surface area (Å²) in [7, 11) is 1.75. The van der Waals surface area contributed by atoms with Gasteiger partial charge in [-0.15, -0.1) is 0 Å². The molecule has 0 saturated carbocycles. The first-order valence-electron chi connectivity index (χ1n) is 4.46. The first kappa shape index (κ1) is 9.51. The molecule has 2 rings (SSSR count). The van der Waals surface area contributed by atoms with Crippen molar-refractivity contribution in [3.63, 3.8) is 0 Å². The standard InChI is InChI=1S/C10H10N2O3/c1-12-5-9(13)11-7-3-2-6(10(14)15)4-8(7)12/h2-4H,5H2,1H3,(H,11,13)(H,14,15). The van der Waals surface area contributed by atoms with Gasteiger partial charge in [0.25, 0.3) is 0 Å². The largest absolute Gasteiger partial charge is 0.478 e. The van der Waals surface area contributed by atoms with Crippen LogP contribution in [-0.4, -0.2) is 30.6 Å². The number of fused-ring (bicyclic) bond motifs is 1. The molecule has 1 aromatic rings. The first-order chi connectivity index (χ1) is 7.08. The highest BCUT2D eigenvalue weighted by Gasteiger charge is 2.20. The van der Waals surface area contributed by atoms with Gasteiger partial charge in [-0.25, -0.2) is 4.79 Å². The zero-order valence-corrected chi connectivity index (χ0v) is 8.15.